The number of nitro benzene ring substituents is 1. The van der Waals surface area contributed by atoms with Gasteiger partial charge in [0, 0.05) is 23.2 Å². The molecule has 0 aliphatic heterocycles. The third kappa shape index (κ3) is 3.82. The molecular formula is C21H18N2O7. The molecule has 1 amide bonds. The predicted octanol–water partition coefficient (Wildman–Crippen LogP) is 2.44. The van der Waals surface area contributed by atoms with E-state index in [1.54, 1.807) is 6.07 Å². The van der Waals surface area contributed by atoms with E-state index in [-0.39, 0.29) is 16.7 Å². The summed E-state index contributed by atoms with van der Waals surface area (Å²) in [6.45, 7) is 1.75. The number of hydrogen-bond donors (Lipinski definition) is 1. The molecule has 0 saturated carbocycles. The molecule has 1 aliphatic rings. The van der Waals surface area contributed by atoms with Crippen molar-refractivity contribution in [3.8, 4) is 0 Å². The van der Waals surface area contributed by atoms with Crippen molar-refractivity contribution in [1.82, 2.24) is 5.32 Å². The summed E-state index contributed by atoms with van der Waals surface area (Å²) in [5.41, 5.74) is -1.75. The molecule has 30 heavy (non-hydrogen) atoms. The van der Waals surface area contributed by atoms with Crippen molar-refractivity contribution in [2.45, 2.75) is 19.8 Å². The van der Waals surface area contributed by atoms with Crippen molar-refractivity contribution in [3.63, 3.8) is 0 Å². The summed E-state index contributed by atoms with van der Waals surface area (Å²) in [5, 5.41) is 14.3. The number of benzene rings is 2. The minimum absolute atomic E-state index is 0.0268. The van der Waals surface area contributed by atoms with E-state index in [9.17, 15) is 29.3 Å². The maximum atomic E-state index is 12.9. The highest BCUT2D eigenvalue weighted by Gasteiger charge is 2.39. The van der Waals surface area contributed by atoms with Gasteiger partial charge in [0.2, 0.25) is 5.78 Å². The zero-order chi connectivity index (χ0) is 21.8. The monoisotopic (exact) mass is 410 g/mol. The lowest BCUT2D eigenvalue weighted by atomic mass is 9.82. The normalized spacial score (nSPS) is 12.0. The molecule has 3 rings (SSSR count). The fourth-order valence-corrected chi connectivity index (χ4v) is 3.19. The minimum atomic E-state index is -1.13. The van der Waals surface area contributed by atoms with E-state index in [0.717, 1.165) is 18.9 Å². The van der Waals surface area contributed by atoms with Crippen LogP contribution in [0.15, 0.2) is 36.4 Å². The highest BCUT2D eigenvalue weighted by atomic mass is 16.6. The molecule has 0 saturated heterocycles. The molecule has 9 heteroatoms. The summed E-state index contributed by atoms with van der Waals surface area (Å²) in [4.78, 5) is 60.6. The molecule has 0 heterocycles. The van der Waals surface area contributed by atoms with Crippen LogP contribution in [-0.4, -0.2) is 41.5 Å². The Morgan fingerprint density at radius 1 is 1.03 bits per heavy atom. The first kappa shape index (κ1) is 20.8. The first-order valence-corrected chi connectivity index (χ1v) is 9.30. The molecule has 0 radical (unpaired) electrons. The Morgan fingerprint density at radius 2 is 1.70 bits per heavy atom. The number of hydrogen-bond acceptors (Lipinski definition) is 7. The number of amides is 1. The van der Waals surface area contributed by atoms with Gasteiger partial charge >= 0.3 is 5.97 Å². The maximum absolute atomic E-state index is 12.9. The quantitative estimate of drug-likeness (QED) is 0.274. The van der Waals surface area contributed by atoms with E-state index in [1.807, 2.05) is 6.92 Å². The second-order valence-electron chi connectivity index (χ2n) is 6.62. The number of carbonyl (C=O) groups excluding carboxylic acids is 4. The van der Waals surface area contributed by atoms with Crippen molar-refractivity contribution in [3.05, 3.63) is 74.3 Å². The van der Waals surface area contributed by atoms with Crippen LogP contribution in [-0.2, 0) is 9.53 Å². The van der Waals surface area contributed by atoms with E-state index in [4.69, 9.17) is 4.74 Å². The van der Waals surface area contributed by atoms with Gasteiger partial charge in [-0.05, 0) is 18.6 Å². The standard InChI is InChI=1S/C21H18N2O7/c1-2-3-10-22-16(24)11-30-21(27)15-9-8-14-17(18(15)23(28)29)20(26)13-7-5-4-6-12(13)19(14)25/h4-9H,2-3,10-11H2,1H3,(H,22,24). The van der Waals surface area contributed by atoms with Crippen molar-refractivity contribution in [2.75, 3.05) is 13.2 Å². The molecular weight excluding hydrogens is 392 g/mol. The number of ketones is 2. The first-order chi connectivity index (χ1) is 14.4. The lowest BCUT2D eigenvalue weighted by Crippen LogP contribution is -2.30. The number of rotatable bonds is 7. The minimum Gasteiger partial charge on any atom is -0.452 e. The molecule has 2 aromatic carbocycles. The Kier molecular flexibility index (Phi) is 6.01. The fraction of sp³-hybridized carbons (Fsp3) is 0.238. The summed E-state index contributed by atoms with van der Waals surface area (Å²) >= 11 is 0. The Balaban J connectivity index is 1.94. The van der Waals surface area contributed by atoms with Crippen LogP contribution in [0.3, 0.4) is 0 Å². The van der Waals surface area contributed by atoms with Gasteiger partial charge in [0.05, 0.1) is 4.92 Å². The van der Waals surface area contributed by atoms with Gasteiger partial charge in [-0.25, -0.2) is 4.79 Å². The molecule has 1 aliphatic carbocycles. The van der Waals surface area contributed by atoms with Gasteiger partial charge in [0.25, 0.3) is 11.6 Å². The number of nitro groups is 1. The zero-order valence-electron chi connectivity index (χ0n) is 16.1. The average Bonchev–Trinajstić information content (AvgIpc) is 2.74. The topological polar surface area (TPSA) is 133 Å². The van der Waals surface area contributed by atoms with E-state index < -0.39 is 51.8 Å². The molecule has 154 valence electrons. The zero-order valence-corrected chi connectivity index (χ0v) is 16.1. The van der Waals surface area contributed by atoms with Crippen molar-refractivity contribution < 1.29 is 28.8 Å². The van der Waals surface area contributed by atoms with Crippen LogP contribution in [0.25, 0.3) is 0 Å². The average molecular weight is 410 g/mol. The molecule has 2 aromatic rings. The molecule has 0 spiro atoms. The van der Waals surface area contributed by atoms with Gasteiger partial charge in [-0.2, -0.15) is 0 Å². The van der Waals surface area contributed by atoms with Crippen LogP contribution in [0.4, 0.5) is 5.69 Å². The van der Waals surface area contributed by atoms with E-state index in [1.165, 1.54) is 24.3 Å². The summed E-state index contributed by atoms with van der Waals surface area (Å²) in [6.07, 6.45) is 1.63. The van der Waals surface area contributed by atoms with Gasteiger partial charge in [-0.15, -0.1) is 0 Å². The van der Waals surface area contributed by atoms with Crippen LogP contribution >= 0.6 is 0 Å². The molecule has 0 bridgehead atoms. The fourth-order valence-electron chi connectivity index (χ4n) is 3.19. The Labute approximate surface area is 171 Å². The van der Waals surface area contributed by atoms with Crippen LogP contribution in [0.2, 0.25) is 0 Å². The first-order valence-electron chi connectivity index (χ1n) is 9.30. The largest absolute Gasteiger partial charge is 0.452 e. The number of nitrogens with one attached hydrogen (secondary N) is 1. The number of fused-ring (bicyclic) bond motifs is 2. The van der Waals surface area contributed by atoms with E-state index >= 15 is 0 Å². The van der Waals surface area contributed by atoms with E-state index in [0.29, 0.717) is 6.54 Å². The van der Waals surface area contributed by atoms with Gasteiger partial charge in [0.1, 0.15) is 11.1 Å². The van der Waals surface area contributed by atoms with Gasteiger partial charge in [0.15, 0.2) is 12.4 Å². The van der Waals surface area contributed by atoms with Crippen LogP contribution in [0.1, 0.15) is 62.0 Å². The lowest BCUT2D eigenvalue weighted by Gasteiger charge is -2.18. The molecule has 0 unspecified atom stereocenters. The summed E-state index contributed by atoms with van der Waals surface area (Å²) in [7, 11) is 0. The second kappa shape index (κ2) is 8.64. The SMILES string of the molecule is CCCCNC(=O)COC(=O)c1ccc2c(c1[N+](=O)[O-])C(=O)c1ccccc1C2=O. The number of ether oxygens (including phenoxy) is 1. The predicted molar refractivity (Wildman–Crippen MR) is 105 cm³/mol. The number of unbranched alkanes of at least 4 members (excludes halogenated alkanes) is 1. The Bertz CT molecular complexity index is 1080. The van der Waals surface area contributed by atoms with Gasteiger partial charge < -0.3 is 10.1 Å². The number of carbonyl (C=O) groups is 4. The van der Waals surface area contributed by atoms with Crippen LogP contribution in [0.5, 0.6) is 0 Å². The summed E-state index contributed by atoms with van der Waals surface area (Å²) in [6, 6.07) is 8.23. The molecule has 0 fully saturated rings. The molecule has 0 atom stereocenters. The molecule has 0 aromatic heterocycles. The highest BCUT2D eigenvalue weighted by Crippen LogP contribution is 2.35. The number of esters is 1. The van der Waals surface area contributed by atoms with Gasteiger partial charge in [-0.1, -0.05) is 37.6 Å². The Morgan fingerprint density at radius 3 is 2.33 bits per heavy atom. The van der Waals surface area contributed by atoms with Crippen molar-refractivity contribution >= 4 is 29.1 Å². The molecule has 9 nitrogen and oxygen atoms in total. The third-order valence-electron chi connectivity index (χ3n) is 4.66. The van der Waals surface area contributed by atoms with E-state index in [2.05, 4.69) is 5.32 Å². The summed E-state index contributed by atoms with van der Waals surface area (Å²) < 4.78 is 4.88. The van der Waals surface area contributed by atoms with Gasteiger partial charge in [-0.3, -0.25) is 24.5 Å². The smallest absolute Gasteiger partial charge is 0.345 e. The lowest BCUT2D eigenvalue weighted by molar-refractivity contribution is -0.385. The van der Waals surface area contributed by atoms with Crippen molar-refractivity contribution in [2.24, 2.45) is 0 Å². The third-order valence-corrected chi connectivity index (χ3v) is 4.66. The number of nitrogens with zero attached hydrogens (tertiary/aromatic N) is 1. The highest BCUT2D eigenvalue weighted by molar-refractivity contribution is 6.30. The summed E-state index contributed by atoms with van der Waals surface area (Å²) in [5.74, 6) is -2.94. The molecule has 1 N–H and O–H groups in total. The second-order valence-corrected chi connectivity index (χ2v) is 6.62. The van der Waals surface area contributed by atoms with Crippen LogP contribution < -0.4 is 5.32 Å². The maximum Gasteiger partial charge on any atom is 0.345 e. The van der Waals surface area contributed by atoms with Crippen molar-refractivity contribution in [1.29, 1.82) is 0 Å². The Hall–Kier alpha value is -3.88. The van der Waals surface area contributed by atoms with Crippen LogP contribution in [0, 0.1) is 10.1 Å².